The Labute approximate surface area is 141 Å². The van der Waals surface area contributed by atoms with E-state index >= 15 is 0 Å². The molecule has 0 saturated heterocycles. The van der Waals surface area contributed by atoms with Crippen LogP contribution in [0.15, 0.2) is 18.3 Å². The van der Waals surface area contributed by atoms with E-state index in [0.29, 0.717) is 17.8 Å². The average Bonchev–Trinajstić information content (AvgIpc) is 2.54. The van der Waals surface area contributed by atoms with Gasteiger partial charge in [0.15, 0.2) is 0 Å². The first kappa shape index (κ1) is 19.6. The predicted octanol–water partition coefficient (Wildman–Crippen LogP) is 0.322. The van der Waals surface area contributed by atoms with Crippen LogP contribution < -0.4 is 0 Å². The molecule has 0 N–H and O–H groups in total. The topological polar surface area (TPSA) is 89.0 Å². The van der Waals surface area contributed by atoms with Gasteiger partial charge in [0.25, 0.3) is 0 Å². The molecule has 1 heterocycles. The fraction of sp³-hybridized carbons (Fsp3) is 0.500. The number of carbonyl (C=O) groups excluding carboxylic acids is 3. The molecule has 1 rings (SSSR count). The summed E-state index contributed by atoms with van der Waals surface area (Å²) in [6, 6.07) is 3.33. The molecule has 8 nitrogen and oxygen atoms in total. The Bertz CT molecular complexity index is 574. The van der Waals surface area contributed by atoms with Gasteiger partial charge in [0.2, 0.25) is 5.91 Å². The van der Waals surface area contributed by atoms with Gasteiger partial charge in [0.05, 0.1) is 31.5 Å². The third-order valence-electron chi connectivity index (χ3n) is 3.18. The van der Waals surface area contributed by atoms with Crippen molar-refractivity contribution in [2.45, 2.75) is 13.5 Å². The monoisotopic (exact) mass is 337 g/mol. The zero-order valence-corrected chi connectivity index (χ0v) is 14.4. The van der Waals surface area contributed by atoms with Gasteiger partial charge in [-0.05, 0) is 26.1 Å². The van der Waals surface area contributed by atoms with Crippen LogP contribution >= 0.6 is 0 Å². The zero-order valence-electron chi connectivity index (χ0n) is 14.4. The van der Waals surface area contributed by atoms with Crippen LogP contribution in [0.4, 0.5) is 0 Å². The highest BCUT2D eigenvalue weighted by molar-refractivity contribution is 5.88. The van der Waals surface area contributed by atoms with E-state index < -0.39 is 11.9 Å². The molecule has 132 valence electrons. The van der Waals surface area contributed by atoms with Crippen LogP contribution in [0.2, 0.25) is 0 Å². The van der Waals surface area contributed by atoms with Gasteiger partial charge >= 0.3 is 11.9 Å². The van der Waals surface area contributed by atoms with E-state index in [0.717, 1.165) is 0 Å². The third kappa shape index (κ3) is 6.33. The molecule has 8 heteroatoms. The first-order chi connectivity index (χ1) is 11.4. The maximum atomic E-state index is 12.1. The van der Waals surface area contributed by atoms with Crippen molar-refractivity contribution < 1.29 is 23.9 Å². The molecule has 1 amide bonds. The van der Waals surface area contributed by atoms with E-state index in [1.54, 1.807) is 38.1 Å². The third-order valence-corrected chi connectivity index (χ3v) is 3.18. The van der Waals surface area contributed by atoms with Gasteiger partial charge in [-0.1, -0.05) is 0 Å². The van der Waals surface area contributed by atoms with E-state index in [1.807, 2.05) is 0 Å². The molecular weight excluding hydrogens is 314 g/mol. The van der Waals surface area contributed by atoms with Crippen LogP contribution in [0.3, 0.4) is 0 Å². The molecule has 0 aromatic carbocycles. The van der Waals surface area contributed by atoms with Gasteiger partial charge in [-0.2, -0.15) is 0 Å². The second-order valence-corrected chi connectivity index (χ2v) is 5.26. The molecule has 1 aromatic heterocycles. The average molecular weight is 337 g/mol. The lowest BCUT2D eigenvalue weighted by Crippen LogP contribution is -2.39. The molecule has 0 fully saturated rings. The van der Waals surface area contributed by atoms with E-state index in [4.69, 9.17) is 4.74 Å². The Hall–Kier alpha value is -2.48. The summed E-state index contributed by atoms with van der Waals surface area (Å²) in [7, 11) is 4.63. The number of hydrogen-bond donors (Lipinski definition) is 0. The molecule has 0 aliphatic rings. The Balaban J connectivity index is 2.50. The van der Waals surface area contributed by atoms with Crippen LogP contribution in [0, 0.1) is 0 Å². The highest BCUT2D eigenvalue weighted by Crippen LogP contribution is 2.04. The fourth-order valence-electron chi connectivity index (χ4n) is 1.93. The smallest absolute Gasteiger partial charge is 0.339 e. The summed E-state index contributed by atoms with van der Waals surface area (Å²) < 4.78 is 9.42. The SMILES string of the molecule is CCOC(=O)CN(C)C(=O)CN(C)Cc1ccc(C(=O)OC)cn1. The van der Waals surface area contributed by atoms with Crippen molar-refractivity contribution in [1.29, 1.82) is 0 Å². The Morgan fingerprint density at radius 1 is 1.17 bits per heavy atom. The number of nitrogens with zero attached hydrogens (tertiary/aromatic N) is 3. The number of amides is 1. The lowest BCUT2D eigenvalue weighted by Gasteiger charge is -2.21. The molecule has 24 heavy (non-hydrogen) atoms. The van der Waals surface area contributed by atoms with Gasteiger partial charge in [-0.25, -0.2) is 4.79 Å². The first-order valence-electron chi connectivity index (χ1n) is 7.48. The number of rotatable bonds is 8. The van der Waals surface area contributed by atoms with Crippen molar-refractivity contribution in [3.63, 3.8) is 0 Å². The van der Waals surface area contributed by atoms with Gasteiger partial charge in [0, 0.05) is 19.8 Å². The highest BCUT2D eigenvalue weighted by Gasteiger charge is 2.16. The molecule has 0 radical (unpaired) electrons. The van der Waals surface area contributed by atoms with Crippen molar-refractivity contribution in [1.82, 2.24) is 14.8 Å². The van der Waals surface area contributed by atoms with Gasteiger partial charge < -0.3 is 14.4 Å². The van der Waals surface area contributed by atoms with Crippen molar-refractivity contribution >= 4 is 17.8 Å². The lowest BCUT2D eigenvalue weighted by atomic mass is 10.2. The van der Waals surface area contributed by atoms with Gasteiger partial charge in [-0.3, -0.25) is 19.5 Å². The van der Waals surface area contributed by atoms with E-state index in [1.165, 1.54) is 18.2 Å². The van der Waals surface area contributed by atoms with Crippen LogP contribution in [0.5, 0.6) is 0 Å². The molecule has 0 unspecified atom stereocenters. The molecule has 0 bridgehead atoms. The number of aromatic nitrogens is 1. The van der Waals surface area contributed by atoms with Crippen LogP contribution in [-0.2, 0) is 25.6 Å². The standard InChI is InChI=1S/C16H23N3O5/c1-5-24-15(21)11-19(3)14(20)10-18(2)9-13-7-6-12(8-17-13)16(22)23-4/h6-8H,5,9-11H2,1-4H3. The number of ether oxygens (including phenoxy) is 2. The predicted molar refractivity (Wildman–Crippen MR) is 86.2 cm³/mol. The summed E-state index contributed by atoms with van der Waals surface area (Å²) >= 11 is 0. The minimum absolute atomic E-state index is 0.0768. The Morgan fingerprint density at radius 3 is 2.42 bits per heavy atom. The van der Waals surface area contributed by atoms with E-state index in [9.17, 15) is 14.4 Å². The largest absolute Gasteiger partial charge is 0.465 e. The number of likely N-dealkylation sites (N-methyl/N-ethyl adjacent to an activating group) is 2. The summed E-state index contributed by atoms with van der Waals surface area (Å²) in [5.41, 5.74) is 1.08. The minimum atomic E-state index is -0.446. The fourth-order valence-corrected chi connectivity index (χ4v) is 1.93. The second kappa shape index (κ2) is 9.61. The van der Waals surface area contributed by atoms with E-state index in [-0.39, 0.29) is 25.6 Å². The number of esters is 2. The Morgan fingerprint density at radius 2 is 1.88 bits per heavy atom. The molecule has 1 aromatic rings. The molecule has 0 aliphatic carbocycles. The van der Waals surface area contributed by atoms with Crippen molar-refractivity contribution in [2.24, 2.45) is 0 Å². The lowest BCUT2D eigenvalue weighted by molar-refractivity contribution is -0.148. The number of carbonyl (C=O) groups is 3. The van der Waals surface area contributed by atoms with Crippen LogP contribution in [-0.4, -0.2) is 73.5 Å². The maximum Gasteiger partial charge on any atom is 0.339 e. The summed E-state index contributed by atoms with van der Waals surface area (Å²) in [6.07, 6.45) is 1.43. The van der Waals surface area contributed by atoms with Gasteiger partial charge in [-0.15, -0.1) is 0 Å². The first-order valence-corrected chi connectivity index (χ1v) is 7.48. The Kier molecular flexibility index (Phi) is 7.84. The zero-order chi connectivity index (χ0) is 18.1. The summed E-state index contributed by atoms with van der Waals surface area (Å²) in [5.74, 6) is -1.08. The molecular formula is C16H23N3O5. The molecule has 0 spiro atoms. The quantitative estimate of drug-likeness (QED) is 0.631. The van der Waals surface area contributed by atoms with Crippen LogP contribution in [0.1, 0.15) is 23.0 Å². The normalized spacial score (nSPS) is 10.4. The van der Waals surface area contributed by atoms with E-state index in [2.05, 4.69) is 9.72 Å². The molecule has 0 saturated carbocycles. The summed E-state index contributed by atoms with van der Waals surface area (Å²) in [5, 5.41) is 0. The van der Waals surface area contributed by atoms with Crippen molar-refractivity contribution in [2.75, 3.05) is 40.9 Å². The van der Waals surface area contributed by atoms with Crippen LogP contribution in [0.25, 0.3) is 0 Å². The number of hydrogen-bond acceptors (Lipinski definition) is 7. The molecule has 0 atom stereocenters. The number of methoxy groups -OCH3 is 1. The van der Waals surface area contributed by atoms with Crippen molar-refractivity contribution in [3.8, 4) is 0 Å². The van der Waals surface area contributed by atoms with Gasteiger partial charge in [0.1, 0.15) is 6.54 Å². The summed E-state index contributed by atoms with van der Waals surface area (Å²) in [6.45, 7) is 2.49. The maximum absolute atomic E-state index is 12.1. The highest BCUT2D eigenvalue weighted by atomic mass is 16.5. The number of pyridine rings is 1. The summed E-state index contributed by atoms with van der Waals surface area (Å²) in [4.78, 5) is 42.0. The minimum Gasteiger partial charge on any atom is -0.465 e. The molecule has 0 aliphatic heterocycles. The van der Waals surface area contributed by atoms with Crippen molar-refractivity contribution in [3.05, 3.63) is 29.6 Å². The second-order valence-electron chi connectivity index (χ2n) is 5.26.